The van der Waals surface area contributed by atoms with Gasteiger partial charge in [0.2, 0.25) is 0 Å². The van der Waals surface area contributed by atoms with Crippen LogP contribution in [0.3, 0.4) is 0 Å². The maximum atomic E-state index is 5.54. The Morgan fingerprint density at radius 2 is 1.88 bits per heavy atom. The molecule has 2 nitrogen and oxygen atoms in total. The second-order valence-electron chi connectivity index (χ2n) is 3.58. The van der Waals surface area contributed by atoms with Crippen molar-refractivity contribution in [3.63, 3.8) is 0 Å². The predicted octanol–water partition coefficient (Wildman–Crippen LogP) is 3.14. The first-order valence-corrected chi connectivity index (χ1v) is 5.60. The molecule has 0 aliphatic heterocycles. The summed E-state index contributed by atoms with van der Waals surface area (Å²) in [6.07, 6.45) is 1.04. The summed E-state index contributed by atoms with van der Waals surface area (Å²) >= 11 is 4.85. The molecule has 1 aromatic heterocycles. The molecule has 0 aliphatic rings. The average Bonchev–Trinajstić information content (AvgIpc) is 2.78. The largest absolute Gasteiger partial charge is 0.454 e. The van der Waals surface area contributed by atoms with Gasteiger partial charge in [-0.15, -0.1) is 0 Å². The van der Waals surface area contributed by atoms with Gasteiger partial charge in [0.15, 0.2) is 5.76 Å². The van der Waals surface area contributed by atoms with Crippen LogP contribution in [-0.4, -0.2) is 4.99 Å². The Bertz CT molecular complexity index is 499. The Morgan fingerprint density at radius 1 is 1.19 bits per heavy atom. The van der Waals surface area contributed by atoms with Gasteiger partial charge in [-0.05, 0) is 24.1 Å². The summed E-state index contributed by atoms with van der Waals surface area (Å²) in [4.78, 5) is 0.288. The summed E-state index contributed by atoms with van der Waals surface area (Å²) < 4.78 is 5.54. The normalized spacial score (nSPS) is 10.3. The fourth-order valence-electron chi connectivity index (χ4n) is 1.53. The van der Waals surface area contributed by atoms with Crippen LogP contribution in [0, 0.1) is 0 Å². The third-order valence-electron chi connectivity index (χ3n) is 2.50. The predicted molar refractivity (Wildman–Crippen MR) is 69.4 cm³/mol. The number of furan rings is 1. The Kier molecular flexibility index (Phi) is 3.06. The van der Waals surface area contributed by atoms with Gasteiger partial charge in [-0.25, -0.2) is 0 Å². The number of thiocarbonyl (C=S) groups is 1. The standard InChI is InChI=1S/C13H13NOS/c1-2-9-3-5-10(6-4-9)11-7-8-12(15-11)13(14)16/h3-8H,2H2,1H3,(H2,14,16). The van der Waals surface area contributed by atoms with Crippen LogP contribution in [0.5, 0.6) is 0 Å². The van der Waals surface area contributed by atoms with Crippen LogP contribution in [0.25, 0.3) is 11.3 Å². The molecular formula is C13H13NOS. The van der Waals surface area contributed by atoms with Crippen LogP contribution in [-0.2, 0) is 6.42 Å². The van der Waals surface area contributed by atoms with Gasteiger partial charge in [0.05, 0.1) is 0 Å². The molecule has 2 rings (SSSR count). The van der Waals surface area contributed by atoms with Crippen molar-refractivity contribution in [1.82, 2.24) is 0 Å². The first-order chi connectivity index (χ1) is 7.70. The van der Waals surface area contributed by atoms with E-state index in [2.05, 4.69) is 19.1 Å². The third-order valence-corrected chi connectivity index (χ3v) is 2.70. The highest BCUT2D eigenvalue weighted by molar-refractivity contribution is 7.80. The highest BCUT2D eigenvalue weighted by atomic mass is 32.1. The Labute approximate surface area is 100 Å². The maximum absolute atomic E-state index is 5.54. The van der Waals surface area contributed by atoms with E-state index < -0.39 is 0 Å². The van der Waals surface area contributed by atoms with Crippen molar-refractivity contribution in [3.05, 3.63) is 47.7 Å². The number of hydrogen-bond donors (Lipinski definition) is 1. The second-order valence-corrected chi connectivity index (χ2v) is 4.02. The molecule has 0 radical (unpaired) electrons. The van der Waals surface area contributed by atoms with Crippen molar-refractivity contribution in [2.24, 2.45) is 5.73 Å². The van der Waals surface area contributed by atoms with Crippen LogP contribution in [0.15, 0.2) is 40.8 Å². The molecule has 2 N–H and O–H groups in total. The van der Waals surface area contributed by atoms with E-state index in [-0.39, 0.29) is 4.99 Å². The first-order valence-electron chi connectivity index (χ1n) is 5.19. The quantitative estimate of drug-likeness (QED) is 0.825. The third kappa shape index (κ3) is 2.14. The molecule has 0 saturated carbocycles. The molecule has 0 spiro atoms. The monoisotopic (exact) mass is 231 g/mol. The molecule has 1 heterocycles. The molecule has 2 aromatic rings. The molecule has 0 fully saturated rings. The lowest BCUT2D eigenvalue weighted by molar-refractivity contribution is 0.573. The first kappa shape index (κ1) is 10.9. The topological polar surface area (TPSA) is 39.2 Å². The minimum Gasteiger partial charge on any atom is -0.454 e. The lowest BCUT2D eigenvalue weighted by atomic mass is 10.1. The molecule has 0 unspecified atom stereocenters. The van der Waals surface area contributed by atoms with Crippen molar-refractivity contribution in [3.8, 4) is 11.3 Å². The summed E-state index contributed by atoms with van der Waals surface area (Å²) in [5.41, 5.74) is 7.84. The summed E-state index contributed by atoms with van der Waals surface area (Å²) in [5, 5.41) is 0. The molecule has 3 heteroatoms. The van der Waals surface area contributed by atoms with Crippen LogP contribution >= 0.6 is 12.2 Å². The number of benzene rings is 1. The molecule has 0 amide bonds. The molecule has 16 heavy (non-hydrogen) atoms. The average molecular weight is 231 g/mol. The minimum atomic E-state index is 0.288. The van der Waals surface area contributed by atoms with Crippen molar-refractivity contribution in [1.29, 1.82) is 0 Å². The second kappa shape index (κ2) is 4.49. The summed E-state index contributed by atoms with van der Waals surface area (Å²) in [6, 6.07) is 12.0. The molecule has 0 saturated heterocycles. The fourth-order valence-corrected chi connectivity index (χ4v) is 1.64. The van der Waals surface area contributed by atoms with E-state index in [1.807, 2.05) is 18.2 Å². The van der Waals surface area contributed by atoms with Gasteiger partial charge in [0.25, 0.3) is 0 Å². The van der Waals surface area contributed by atoms with Crippen LogP contribution in [0.2, 0.25) is 0 Å². The van der Waals surface area contributed by atoms with E-state index in [0.717, 1.165) is 17.7 Å². The highest BCUT2D eigenvalue weighted by Gasteiger charge is 2.06. The molecule has 82 valence electrons. The smallest absolute Gasteiger partial charge is 0.161 e. The van der Waals surface area contributed by atoms with Crippen molar-refractivity contribution >= 4 is 17.2 Å². The van der Waals surface area contributed by atoms with Gasteiger partial charge < -0.3 is 10.2 Å². The maximum Gasteiger partial charge on any atom is 0.161 e. The van der Waals surface area contributed by atoms with E-state index >= 15 is 0 Å². The molecule has 0 atom stereocenters. The highest BCUT2D eigenvalue weighted by Crippen LogP contribution is 2.22. The van der Waals surface area contributed by atoms with Crippen LogP contribution in [0.1, 0.15) is 18.2 Å². The van der Waals surface area contributed by atoms with Gasteiger partial charge in [-0.1, -0.05) is 43.4 Å². The van der Waals surface area contributed by atoms with Gasteiger partial charge >= 0.3 is 0 Å². The molecule has 1 aromatic carbocycles. The van der Waals surface area contributed by atoms with Crippen LogP contribution in [0.4, 0.5) is 0 Å². The number of nitrogens with two attached hydrogens (primary N) is 1. The van der Waals surface area contributed by atoms with Crippen molar-refractivity contribution < 1.29 is 4.42 Å². The number of hydrogen-bond acceptors (Lipinski definition) is 2. The van der Waals surface area contributed by atoms with Crippen molar-refractivity contribution in [2.45, 2.75) is 13.3 Å². The zero-order chi connectivity index (χ0) is 11.5. The van der Waals surface area contributed by atoms with E-state index in [4.69, 9.17) is 22.4 Å². The molecule has 0 aliphatic carbocycles. The lowest BCUT2D eigenvalue weighted by Crippen LogP contribution is -2.07. The molecule has 0 bridgehead atoms. The van der Waals surface area contributed by atoms with Gasteiger partial charge in [0.1, 0.15) is 10.7 Å². The van der Waals surface area contributed by atoms with Gasteiger partial charge in [0, 0.05) is 5.56 Å². The summed E-state index contributed by atoms with van der Waals surface area (Å²) in [5.74, 6) is 1.36. The van der Waals surface area contributed by atoms with Gasteiger partial charge in [-0.3, -0.25) is 0 Å². The van der Waals surface area contributed by atoms with Crippen molar-refractivity contribution in [2.75, 3.05) is 0 Å². The number of aryl methyl sites for hydroxylation is 1. The summed E-state index contributed by atoms with van der Waals surface area (Å²) in [6.45, 7) is 2.13. The van der Waals surface area contributed by atoms with Crippen LogP contribution < -0.4 is 5.73 Å². The Hall–Kier alpha value is -1.61. The van der Waals surface area contributed by atoms with E-state index in [1.165, 1.54) is 5.56 Å². The Balaban J connectivity index is 2.31. The number of rotatable bonds is 3. The molecular weight excluding hydrogens is 218 g/mol. The zero-order valence-corrected chi connectivity index (χ0v) is 9.88. The van der Waals surface area contributed by atoms with E-state index in [9.17, 15) is 0 Å². The minimum absolute atomic E-state index is 0.288. The lowest BCUT2D eigenvalue weighted by Gasteiger charge is -1.99. The Morgan fingerprint density at radius 3 is 2.38 bits per heavy atom. The SMILES string of the molecule is CCc1ccc(-c2ccc(C(N)=S)o2)cc1. The fraction of sp³-hybridized carbons (Fsp3) is 0.154. The summed E-state index contributed by atoms with van der Waals surface area (Å²) in [7, 11) is 0. The zero-order valence-electron chi connectivity index (χ0n) is 9.07. The van der Waals surface area contributed by atoms with E-state index in [1.54, 1.807) is 6.07 Å². The van der Waals surface area contributed by atoms with E-state index in [0.29, 0.717) is 5.76 Å². The van der Waals surface area contributed by atoms with Gasteiger partial charge in [-0.2, -0.15) is 0 Å².